The minimum absolute atomic E-state index is 0.409. The number of hydrogen-bond acceptors (Lipinski definition) is 1. The molecule has 0 saturated heterocycles. The molecule has 1 heterocycles. The second-order valence-electron chi connectivity index (χ2n) is 4.02. The van der Waals surface area contributed by atoms with Crippen LogP contribution in [0.4, 0.5) is 0 Å². The molecule has 3 nitrogen and oxygen atoms in total. The molecule has 0 saturated carbocycles. The van der Waals surface area contributed by atoms with Crippen LogP contribution >= 0.6 is 0 Å². The Hall–Kier alpha value is -1.77. The lowest BCUT2D eigenvalue weighted by atomic mass is 10.1. The molecule has 1 aromatic heterocycles. The fourth-order valence-electron chi connectivity index (χ4n) is 2.42. The highest BCUT2D eigenvalue weighted by atomic mass is 16.4. The van der Waals surface area contributed by atoms with Crippen molar-refractivity contribution in [3.63, 3.8) is 0 Å². The van der Waals surface area contributed by atoms with Crippen LogP contribution in [0.1, 0.15) is 28.5 Å². The smallest absolute Gasteiger partial charge is 0.352 e. The van der Waals surface area contributed by atoms with Crippen LogP contribution in [0.25, 0.3) is 10.9 Å². The van der Waals surface area contributed by atoms with Gasteiger partial charge in [0.05, 0.1) is 5.52 Å². The Morgan fingerprint density at radius 2 is 2.12 bits per heavy atom. The fraction of sp³-hybridized carbons (Fsp3) is 0.308. The molecule has 84 valence electrons. The lowest BCUT2D eigenvalue weighted by molar-refractivity contribution is 0.0686. The number of aryl methyl sites for hydroxylation is 3. The summed E-state index contributed by atoms with van der Waals surface area (Å²) in [5.74, 6) is -0.852. The maximum Gasteiger partial charge on any atom is 0.352 e. The molecule has 0 aliphatic heterocycles. The number of carboxylic acid groups (broad SMARTS) is 1. The molecule has 0 aliphatic rings. The third-order valence-electron chi connectivity index (χ3n) is 3.08. The highest BCUT2D eigenvalue weighted by Gasteiger charge is 2.19. The Kier molecular flexibility index (Phi) is 2.46. The third-order valence-corrected chi connectivity index (χ3v) is 3.08. The molecule has 0 atom stereocenters. The number of nitrogens with zero attached hydrogens (tertiary/aromatic N) is 1. The van der Waals surface area contributed by atoms with E-state index in [4.69, 9.17) is 0 Å². The van der Waals surface area contributed by atoms with Crippen LogP contribution < -0.4 is 0 Å². The lowest BCUT2D eigenvalue weighted by Crippen LogP contribution is -2.07. The normalized spacial score (nSPS) is 10.9. The Morgan fingerprint density at radius 3 is 2.69 bits per heavy atom. The molecule has 0 aliphatic carbocycles. The molecular formula is C13H15NO2. The number of carboxylic acids is 1. The molecule has 1 N–H and O–H groups in total. The second-order valence-corrected chi connectivity index (χ2v) is 4.02. The van der Waals surface area contributed by atoms with Gasteiger partial charge < -0.3 is 9.67 Å². The van der Waals surface area contributed by atoms with E-state index in [0.717, 1.165) is 28.5 Å². The number of fused-ring (bicyclic) bond motifs is 1. The van der Waals surface area contributed by atoms with E-state index < -0.39 is 5.97 Å². The van der Waals surface area contributed by atoms with Gasteiger partial charge in [0, 0.05) is 12.4 Å². The molecule has 0 fully saturated rings. The topological polar surface area (TPSA) is 42.2 Å². The summed E-state index contributed by atoms with van der Waals surface area (Å²) in [6.07, 6.45) is 0.739. The zero-order valence-electron chi connectivity index (χ0n) is 9.74. The van der Waals surface area contributed by atoms with Gasteiger partial charge >= 0.3 is 5.97 Å². The van der Waals surface area contributed by atoms with Crippen molar-refractivity contribution in [3.8, 4) is 0 Å². The molecule has 2 rings (SSSR count). The third kappa shape index (κ3) is 1.32. The first kappa shape index (κ1) is 10.7. The highest BCUT2D eigenvalue weighted by molar-refractivity contribution is 5.99. The monoisotopic (exact) mass is 217 g/mol. The van der Waals surface area contributed by atoms with Crippen molar-refractivity contribution < 1.29 is 9.90 Å². The molecule has 0 bridgehead atoms. The average Bonchev–Trinajstić information content (AvgIpc) is 2.52. The van der Waals surface area contributed by atoms with Gasteiger partial charge in [0.1, 0.15) is 5.69 Å². The van der Waals surface area contributed by atoms with E-state index in [2.05, 4.69) is 0 Å². The standard InChI is InChI=1S/C13H15NO2/c1-4-9-10-7-5-6-8(2)11(10)14(3)12(9)13(15)16/h5-7H,4H2,1-3H3,(H,15,16). The number of carbonyl (C=O) groups is 1. The zero-order chi connectivity index (χ0) is 11.9. The fourth-order valence-corrected chi connectivity index (χ4v) is 2.42. The van der Waals surface area contributed by atoms with Gasteiger partial charge in [-0.1, -0.05) is 25.1 Å². The molecule has 0 unspecified atom stereocenters. The Morgan fingerprint density at radius 1 is 1.44 bits per heavy atom. The van der Waals surface area contributed by atoms with Crippen LogP contribution in [0, 0.1) is 6.92 Å². The first-order chi connectivity index (χ1) is 7.57. The van der Waals surface area contributed by atoms with E-state index >= 15 is 0 Å². The summed E-state index contributed by atoms with van der Waals surface area (Å²) in [7, 11) is 1.82. The SMILES string of the molecule is CCc1c(C(=O)O)n(C)c2c(C)cccc12. The van der Waals surface area contributed by atoms with E-state index in [1.54, 1.807) is 4.57 Å². The van der Waals surface area contributed by atoms with E-state index in [1.807, 2.05) is 39.1 Å². The number of aromatic carboxylic acids is 1. The quantitative estimate of drug-likeness (QED) is 0.840. The lowest BCUT2D eigenvalue weighted by Gasteiger charge is -2.02. The molecule has 1 aromatic carbocycles. The second kappa shape index (κ2) is 3.67. The minimum Gasteiger partial charge on any atom is -0.477 e. The van der Waals surface area contributed by atoms with Gasteiger partial charge in [-0.15, -0.1) is 0 Å². The van der Waals surface area contributed by atoms with Crippen molar-refractivity contribution >= 4 is 16.9 Å². The number of benzene rings is 1. The predicted molar refractivity (Wildman–Crippen MR) is 64.0 cm³/mol. The van der Waals surface area contributed by atoms with Gasteiger partial charge in [-0.2, -0.15) is 0 Å². The van der Waals surface area contributed by atoms with E-state index in [9.17, 15) is 9.90 Å². The Labute approximate surface area is 94.3 Å². The number of hydrogen-bond donors (Lipinski definition) is 1. The van der Waals surface area contributed by atoms with Crippen LogP contribution in [0.2, 0.25) is 0 Å². The molecule has 0 amide bonds. The van der Waals surface area contributed by atoms with Gasteiger partial charge in [0.2, 0.25) is 0 Å². The van der Waals surface area contributed by atoms with Crippen molar-refractivity contribution in [2.24, 2.45) is 7.05 Å². The van der Waals surface area contributed by atoms with Crippen LogP contribution in [0.3, 0.4) is 0 Å². The largest absolute Gasteiger partial charge is 0.477 e. The van der Waals surface area contributed by atoms with Gasteiger partial charge in [0.25, 0.3) is 0 Å². The summed E-state index contributed by atoms with van der Waals surface area (Å²) in [6, 6.07) is 5.98. The van der Waals surface area contributed by atoms with E-state index in [1.165, 1.54) is 0 Å². The summed E-state index contributed by atoms with van der Waals surface area (Å²) < 4.78 is 1.78. The predicted octanol–water partition coefficient (Wildman–Crippen LogP) is 2.75. The average molecular weight is 217 g/mol. The highest BCUT2D eigenvalue weighted by Crippen LogP contribution is 2.28. The first-order valence-corrected chi connectivity index (χ1v) is 5.38. The van der Waals surface area contributed by atoms with Gasteiger partial charge in [0.15, 0.2) is 0 Å². The van der Waals surface area contributed by atoms with Crippen LogP contribution in [0.15, 0.2) is 18.2 Å². The van der Waals surface area contributed by atoms with Crippen molar-refractivity contribution in [1.82, 2.24) is 4.57 Å². The summed E-state index contributed by atoms with van der Waals surface area (Å²) in [6.45, 7) is 4.00. The van der Waals surface area contributed by atoms with Gasteiger partial charge in [-0.05, 0) is 24.5 Å². The summed E-state index contributed by atoms with van der Waals surface area (Å²) in [5, 5.41) is 10.3. The van der Waals surface area contributed by atoms with Crippen molar-refractivity contribution in [2.45, 2.75) is 20.3 Å². The van der Waals surface area contributed by atoms with Gasteiger partial charge in [-0.25, -0.2) is 4.79 Å². The van der Waals surface area contributed by atoms with Crippen molar-refractivity contribution in [3.05, 3.63) is 35.0 Å². The number of aromatic nitrogens is 1. The molecule has 0 radical (unpaired) electrons. The zero-order valence-corrected chi connectivity index (χ0v) is 9.74. The number of para-hydroxylation sites is 1. The minimum atomic E-state index is -0.852. The molecular weight excluding hydrogens is 202 g/mol. The van der Waals surface area contributed by atoms with Crippen LogP contribution in [-0.2, 0) is 13.5 Å². The molecule has 3 heteroatoms. The maximum absolute atomic E-state index is 11.3. The van der Waals surface area contributed by atoms with Crippen LogP contribution in [0.5, 0.6) is 0 Å². The van der Waals surface area contributed by atoms with E-state index in [-0.39, 0.29) is 0 Å². The molecule has 16 heavy (non-hydrogen) atoms. The molecule has 2 aromatic rings. The van der Waals surface area contributed by atoms with Crippen molar-refractivity contribution in [1.29, 1.82) is 0 Å². The summed E-state index contributed by atoms with van der Waals surface area (Å²) in [5.41, 5.74) is 3.47. The van der Waals surface area contributed by atoms with Gasteiger partial charge in [-0.3, -0.25) is 0 Å². The number of rotatable bonds is 2. The van der Waals surface area contributed by atoms with Crippen molar-refractivity contribution in [2.75, 3.05) is 0 Å². The van der Waals surface area contributed by atoms with E-state index in [0.29, 0.717) is 5.69 Å². The Balaban J connectivity index is 2.96. The summed E-state index contributed by atoms with van der Waals surface area (Å²) in [4.78, 5) is 11.3. The maximum atomic E-state index is 11.3. The first-order valence-electron chi connectivity index (χ1n) is 5.38. The Bertz CT molecular complexity index is 567. The van der Waals surface area contributed by atoms with Crippen LogP contribution in [-0.4, -0.2) is 15.6 Å². The summed E-state index contributed by atoms with van der Waals surface area (Å²) >= 11 is 0. The molecule has 0 spiro atoms.